The first-order chi connectivity index (χ1) is 8.15. The van der Waals surface area contributed by atoms with Crippen LogP contribution >= 0.6 is 23.2 Å². The lowest BCUT2D eigenvalue weighted by atomic mass is 10.2. The molecule has 2 fully saturated rings. The highest BCUT2D eigenvalue weighted by Crippen LogP contribution is 2.44. The third-order valence-corrected chi connectivity index (χ3v) is 4.04. The lowest BCUT2D eigenvalue weighted by Crippen LogP contribution is -2.28. The Labute approximate surface area is 112 Å². The van der Waals surface area contributed by atoms with Crippen molar-refractivity contribution in [1.29, 1.82) is 0 Å². The van der Waals surface area contributed by atoms with Crippen molar-refractivity contribution in [3.8, 4) is 0 Å². The van der Waals surface area contributed by atoms with Crippen molar-refractivity contribution in [3.05, 3.63) is 22.2 Å². The maximum absolute atomic E-state index is 6.30. The summed E-state index contributed by atoms with van der Waals surface area (Å²) in [4.78, 5) is 2.39. The molecule has 2 aliphatic carbocycles. The number of anilines is 2. The van der Waals surface area contributed by atoms with Crippen LogP contribution in [0.4, 0.5) is 11.4 Å². The van der Waals surface area contributed by atoms with Gasteiger partial charge in [-0.3, -0.25) is 0 Å². The summed E-state index contributed by atoms with van der Waals surface area (Å²) in [6.45, 7) is 1.09. The van der Waals surface area contributed by atoms with E-state index in [0.29, 0.717) is 21.8 Å². The third-order valence-electron chi connectivity index (χ3n) is 3.47. The number of hydrogen-bond acceptors (Lipinski definition) is 2. The molecular formula is C13H16Cl2N2. The van der Waals surface area contributed by atoms with Gasteiger partial charge in [0.25, 0.3) is 0 Å². The Morgan fingerprint density at radius 2 is 1.71 bits per heavy atom. The predicted molar refractivity (Wildman–Crippen MR) is 74.0 cm³/mol. The van der Waals surface area contributed by atoms with Gasteiger partial charge in [0, 0.05) is 18.3 Å². The first-order valence-electron chi connectivity index (χ1n) is 6.16. The van der Waals surface area contributed by atoms with E-state index in [9.17, 15) is 0 Å². The van der Waals surface area contributed by atoms with Crippen LogP contribution in [-0.2, 0) is 0 Å². The molecule has 0 saturated heterocycles. The van der Waals surface area contributed by atoms with Crippen molar-refractivity contribution in [2.24, 2.45) is 5.92 Å². The average molecular weight is 271 g/mol. The normalized spacial score (nSPS) is 19.4. The van der Waals surface area contributed by atoms with Gasteiger partial charge in [0.1, 0.15) is 0 Å². The number of nitrogen functional groups attached to an aromatic ring is 1. The van der Waals surface area contributed by atoms with Crippen LogP contribution in [-0.4, -0.2) is 12.6 Å². The summed E-state index contributed by atoms with van der Waals surface area (Å²) in [5.74, 6) is 0.834. The molecule has 3 rings (SSSR count). The second-order valence-electron chi connectivity index (χ2n) is 5.16. The molecule has 4 heteroatoms. The fraction of sp³-hybridized carbons (Fsp3) is 0.538. The van der Waals surface area contributed by atoms with E-state index in [-0.39, 0.29) is 0 Å². The lowest BCUT2D eigenvalue weighted by molar-refractivity contribution is 0.719. The summed E-state index contributed by atoms with van der Waals surface area (Å²) in [7, 11) is 0. The molecule has 0 atom stereocenters. The van der Waals surface area contributed by atoms with E-state index in [1.807, 2.05) is 0 Å². The van der Waals surface area contributed by atoms with Gasteiger partial charge in [-0.2, -0.15) is 0 Å². The largest absolute Gasteiger partial charge is 0.399 e. The zero-order valence-corrected chi connectivity index (χ0v) is 11.1. The molecule has 2 saturated carbocycles. The van der Waals surface area contributed by atoms with Gasteiger partial charge >= 0.3 is 0 Å². The van der Waals surface area contributed by atoms with Gasteiger partial charge in [0.05, 0.1) is 15.7 Å². The third kappa shape index (κ3) is 2.48. The Hall–Kier alpha value is -0.600. The predicted octanol–water partition coefficient (Wildman–Crippen LogP) is 3.95. The maximum Gasteiger partial charge on any atom is 0.0749 e. The van der Waals surface area contributed by atoms with E-state index in [1.54, 1.807) is 12.1 Å². The fourth-order valence-electron chi connectivity index (χ4n) is 2.25. The Morgan fingerprint density at radius 3 is 2.18 bits per heavy atom. The SMILES string of the molecule is Nc1cc(Cl)c(N(CC2CC2)C2CC2)c(Cl)c1. The average Bonchev–Trinajstić information content (AvgIpc) is 3.11. The topological polar surface area (TPSA) is 29.3 Å². The van der Waals surface area contributed by atoms with E-state index in [4.69, 9.17) is 28.9 Å². The zero-order chi connectivity index (χ0) is 12.0. The molecule has 1 aromatic carbocycles. The number of nitrogens with two attached hydrogens (primary N) is 1. The molecule has 17 heavy (non-hydrogen) atoms. The van der Waals surface area contributed by atoms with Crippen LogP contribution < -0.4 is 10.6 Å². The lowest BCUT2D eigenvalue weighted by Gasteiger charge is -2.27. The second-order valence-corrected chi connectivity index (χ2v) is 5.97. The highest BCUT2D eigenvalue weighted by atomic mass is 35.5. The standard InChI is InChI=1S/C13H16Cl2N2/c14-11-5-9(16)6-12(15)13(11)17(10-3-4-10)7-8-1-2-8/h5-6,8,10H,1-4,7,16H2. The van der Waals surface area contributed by atoms with Gasteiger partial charge in [-0.05, 0) is 43.7 Å². The quantitative estimate of drug-likeness (QED) is 0.840. The highest BCUT2D eigenvalue weighted by Gasteiger charge is 2.35. The van der Waals surface area contributed by atoms with Crippen LogP contribution in [0, 0.1) is 5.92 Å². The van der Waals surface area contributed by atoms with Gasteiger partial charge in [0.2, 0.25) is 0 Å². The minimum atomic E-state index is 0.630. The highest BCUT2D eigenvalue weighted by molar-refractivity contribution is 6.39. The number of nitrogens with zero attached hydrogens (tertiary/aromatic N) is 1. The molecule has 2 aliphatic rings. The Balaban J connectivity index is 1.93. The Morgan fingerprint density at radius 1 is 1.12 bits per heavy atom. The Kier molecular flexibility index (Phi) is 2.87. The summed E-state index contributed by atoms with van der Waals surface area (Å²) in [6.07, 6.45) is 5.19. The first-order valence-corrected chi connectivity index (χ1v) is 6.92. The minimum Gasteiger partial charge on any atom is -0.399 e. The van der Waals surface area contributed by atoms with Crippen molar-refractivity contribution in [2.45, 2.75) is 31.7 Å². The molecule has 0 heterocycles. The van der Waals surface area contributed by atoms with Crippen LogP contribution in [0.3, 0.4) is 0 Å². The van der Waals surface area contributed by atoms with Crippen molar-refractivity contribution < 1.29 is 0 Å². The molecule has 0 bridgehead atoms. The van der Waals surface area contributed by atoms with Crippen LogP contribution in [0.15, 0.2) is 12.1 Å². The zero-order valence-electron chi connectivity index (χ0n) is 9.63. The maximum atomic E-state index is 6.30. The molecule has 0 unspecified atom stereocenters. The molecule has 1 aromatic rings. The molecule has 2 nitrogen and oxygen atoms in total. The van der Waals surface area contributed by atoms with Crippen molar-refractivity contribution in [1.82, 2.24) is 0 Å². The van der Waals surface area contributed by atoms with Gasteiger partial charge in [0.15, 0.2) is 0 Å². The van der Waals surface area contributed by atoms with Crippen LogP contribution in [0.5, 0.6) is 0 Å². The molecule has 0 aromatic heterocycles. The van der Waals surface area contributed by atoms with E-state index in [2.05, 4.69) is 4.90 Å². The minimum absolute atomic E-state index is 0.630. The summed E-state index contributed by atoms with van der Waals surface area (Å²) in [5, 5.41) is 1.37. The second kappa shape index (κ2) is 4.25. The molecule has 0 aliphatic heterocycles. The summed E-state index contributed by atoms with van der Waals surface area (Å²) in [6, 6.07) is 4.23. The molecule has 2 N–H and O–H groups in total. The molecular weight excluding hydrogens is 255 g/mol. The number of benzene rings is 1. The Bertz CT molecular complexity index is 416. The monoisotopic (exact) mass is 270 g/mol. The van der Waals surface area contributed by atoms with E-state index >= 15 is 0 Å². The summed E-state index contributed by atoms with van der Waals surface area (Å²) in [5.41, 5.74) is 7.36. The first kappa shape index (κ1) is 11.5. The molecule has 0 amide bonds. The number of hydrogen-bond donors (Lipinski definition) is 1. The van der Waals surface area contributed by atoms with E-state index < -0.39 is 0 Å². The van der Waals surface area contributed by atoms with E-state index in [0.717, 1.165) is 18.2 Å². The number of halogens is 2. The smallest absolute Gasteiger partial charge is 0.0749 e. The summed E-state index contributed by atoms with van der Waals surface area (Å²) < 4.78 is 0. The van der Waals surface area contributed by atoms with Crippen molar-refractivity contribution in [2.75, 3.05) is 17.2 Å². The fourth-order valence-corrected chi connectivity index (χ4v) is 2.97. The van der Waals surface area contributed by atoms with E-state index in [1.165, 1.54) is 25.7 Å². The number of rotatable bonds is 4. The van der Waals surface area contributed by atoms with Gasteiger partial charge < -0.3 is 10.6 Å². The van der Waals surface area contributed by atoms with Crippen molar-refractivity contribution in [3.63, 3.8) is 0 Å². The van der Waals surface area contributed by atoms with Crippen LogP contribution in [0.25, 0.3) is 0 Å². The van der Waals surface area contributed by atoms with Gasteiger partial charge in [-0.25, -0.2) is 0 Å². The van der Waals surface area contributed by atoms with Gasteiger partial charge in [-0.15, -0.1) is 0 Å². The van der Waals surface area contributed by atoms with Crippen LogP contribution in [0.1, 0.15) is 25.7 Å². The molecule has 0 spiro atoms. The van der Waals surface area contributed by atoms with Crippen molar-refractivity contribution >= 4 is 34.6 Å². The molecule has 0 radical (unpaired) electrons. The van der Waals surface area contributed by atoms with Crippen LogP contribution in [0.2, 0.25) is 10.0 Å². The molecule has 92 valence electrons. The van der Waals surface area contributed by atoms with Gasteiger partial charge in [-0.1, -0.05) is 23.2 Å². The summed E-state index contributed by atoms with van der Waals surface area (Å²) >= 11 is 12.6.